The van der Waals surface area contributed by atoms with Gasteiger partial charge >= 0.3 is 0 Å². The van der Waals surface area contributed by atoms with Gasteiger partial charge in [0.25, 0.3) is 0 Å². The second-order valence-electron chi connectivity index (χ2n) is 3.21. The number of aliphatic hydroxyl groups excluding tert-OH is 1. The van der Waals surface area contributed by atoms with E-state index in [1.54, 1.807) is 0 Å². The average Bonchev–Trinajstić information content (AvgIpc) is 2.07. The lowest BCUT2D eigenvalue weighted by Gasteiger charge is -2.20. The molecule has 0 aromatic heterocycles. The Morgan fingerprint density at radius 1 is 1.27 bits per heavy atom. The van der Waals surface area contributed by atoms with Crippen LogP contribution in [0.3, 0.4) is 0 Å². The predicted octanol–water partition coefficient (Wildman–Crippen LogP) is 1.29. The van der Waals surface area contributed by atoms with Gasteiger partial charge in [0.1, 0.15) is 0 Å². The summed E-state index contributed by atoms with van der Waals surface area (Å²) in [4.78, 5) is 0. The maximum Gasteiger partial charge on any atom is 0.176 e. The Morgan fingerprint density at radius 2 is 2.18 bits per heavy atom. The molecule has 0 aromatic carbocycles. The maximum absolute atomic E-state index is 8.57. The molecule has 11 heavy (non-hydrogen) atoms. The van der Waals surface area contributed by atoms with Crippen LogP contribution >= 0.6 is 0 Å². The van der Waals surface area contributed by atoms with Crippen molar-refractivity contribution in [1.82, 2.24) is 0 Å². The Labute approximate surface area is 70.3 Å². The topological polar surface area (TPSA) is 29.5 Å². The molecule has 66 valence electrons. The molecule has 1 fully saturated rings. The Kier molecular flexibility index (Phi) is 4.82. The van der Waals surface area contributed by atoms with Crippen LogP contribution in [0.1, 0.15) is 25.7 Å². The number of unbranched alkanes of at least 4 members (excludes halogenated alkanes) is 1. The first-order chi connectivity index (χ1) is 5.43. The normalized spacial score (nSPS) is 25.4. The Bertz CT molecular complexity index is 92.1. The largest absolute Gasteiger partial charge is 0.420 e. The Balaban J connectivity index is 1.96. The van der Waals surface area contributed by atoms with Crippen molar-refractivity contribution < 1.29 is 9.53 Å². The molecule has 2 nitrogen and oxygen atoms in total. The van der Waals surface area contributed by atoms with Gasteiger partial charge in [0, 0.05) is 13.2 Å². The van der Waals surface area contributed by atoms with E-state index < -0.39 is 9.04 Å². The lowest BCUT2D eigenvalue weighted by Crippen LogP contribution is -2.22. The van der Waals surface area contributed by atoms with E-state index in [1.807, 2.05) is 0 Å². The smallest absolute Gasteiger partial charge is 0.176 e. The highest BCUT2D eigenvalue weighted by molar-refractivity contribution is 6.51. The van der Waals surface area contributed by atoms with Gasteiger partial charge in [0.15, 0.2) is 9.04 Å². The zero-order chi connectivity index (χ0) is 7.94. The van der Waals surface area contributed by atoms with Gasteiger partial charge < -0.3 is 9.53 Å². The first-order valence-electron chi connectivity index (χ1n) is 4.66. The van der Waals surface area contributed by atoms with Crippen LogP contribution in [0, 0.1) is 0 Å². The standard InChI is InChI=1S/C8H18O2Si/c9-5-1-3-7-11-8-4-2-6-10-11/h9,11H,1-8H2. The average molecular weight is 174 g/mol. The van der Waals surface area contributed by atoms with Crippen LogP contribution in [0.4, 0.5) is 0 Å². The van der Waals surface area contributed by atoms with E-state index in [-0.39, 0.29) is 0 Å². The maximum atomic E-state index is 8.57. The van der Waals surface area contributed by atoms with E-state index in [0.717, 1.165) is 13.0 Å². The number of rotatable bonds is 4. The molecule has 3 heteroatoms. The molecular weight excluding hydrogens is 156 g/mol. The molecule has 0 bridgehead atoms. The second kappa shape index (κ2) is 5.74. The molecule has 1 saturated heterocycles. The van der Waals surface area contributed by atoms with Crippen LogP contribution < -0.4 is 0 Å². The molecule has 1 unspecified atom stereocenters. The summed E-state index contributed by atoms with van der Waals surface area (Å²) < 4.78 is 5.68. The first-order valence-corrected chi connectivity index (χ1v) is 6.76. The molecule has 0 radical (unpaired) electrons. The molecule has 0 amide bonds. The van der Waals surface area contributed by atoms with Gasteiger partial charge in [-0.3, -0.25) is 0 Å². The van der Waals surface area contributed by atoms with Crippen LogP contribution in [0.25, 0.3) is 0 Å². The molecule has 1 aliphatic rings. The van der Waals surface area contributed by atoms with Crippen LogP contribution in [-0.4, -0.2) is 27.4 Å². The van der Waals surface area contributed by atoms with Gasteiger partial charge in [-0.25, -0.2) is 0 Å². The zero-order valence-corrected chi connectivity index (χ0v) is 8.24. The van der Waals surface area contributed by atoms with Crippen molar-refractivity contribution in [3.8, 4) is 0 Å². The number of hydrogen-bond donors (Lipinski definition) is 1. The molecule has 1 heterocycles. The summed E-state index contributed by atoms with van der Waals surface area (Å²) in [7, 11) is -0.769. The third-order valence-corrected chi connectivity index (χ3v) is 5.02. The third-order valence-electron chi connectivity index (χ3n) is 2.21. The predicted molar refractivity (Wildman–Crippen MR) is 48.3 cm³/mol. The van der Waals surface area contributed by atoms with Crippen LogP contribution in [0.15, 0.2) is 0 Å². The molecule has 0 aromatic rings. The van der Waals surface area contributed by atoms with Gasteiger partial charge in [-0.2, -0.15) is 0 Å². The lowest BCUT2D eigenvalue weighted by atomic mass is 10.3. The van der Waals surface area contributed by atoms with Crippen molar-refractivity contribution in [2.24, 2.45) is 0 Å². The fraction of sp³-hybridized carbons (Fsp3) is 1.00. The van der Waals surface area contributed by atoms with Crippen LogP contribution in [0.5, 0.6) is 0 Å². The van der Waals surface area contributed by atoms with E-state index in [2.05, 4.69) is 0 Å². The highest BCUT2D eigenvalue weighted by atomic mass is 28.3. The Morgan fingerprint density at radius 3 is 2.82 bits per heavy atom. The molecular formula is C8H18O2Si. The summed E-state index contributed by atoms with van der Waals surface area (Å²) >= 11 is 0. The SMILES string of the molecule is OCCCC[SiH]1CCCCO1. The minimum absolute atomic E-state index is 0.348. The molecule has 1 aliphatic heterocycles. The molecule has 0 saturated carbocycles. The third kappa shape index (κ3) is 3.89. The highest BCUT2D eigenvalue weighted by Gasteiger charge is 2.14. The number of hydrogen-bond acceptors (Lipinski definition) is 2. The summed E-state index contributed by atoms with van der Waals surface area (Å²) in [5.41, 5.74) is 0. The van der Waals surface area contributed by atoms with Crippen molar-refractivity contribution in [2.45, 2.75) is 37.8 Å². The van der Waals surface area contributed by atoms with Crippen molar-refractivity contribution >= 4 is 9.04 Å². The summed E-state index contributed by atoms with van der Waals surface area (Å²) in [6, 6.07) is 2.64. The van der Waals surface area contributed by atoms with Gasteiger partial charge in [-0.15, -0.1) is 0 Å². The first kappa shape index (κ1) is 9.23. The van der Waals surface area contributed by atoms with Crippen molar-refractivity contribution in [1.29, 1.82) is 0 Å². The van der Waals surface area contributed by atoms with E-state index in [4.69, 9.17) is 9.53 Å². The molecule has 1 rings (SSSR count). The van der Waals surface area contributed by atoms with Crippen LogP contribution in [0.2, 0.25) is 12.1 Å². The summed E-state index contributed by atoms with van der Waals surface area (Å²) in [5, 5.41) is 8.57. The van der Waals surface area contributed by atoms with Crippen molar-refractivity contribution in [3.05, 3.63) is 0 Å². The molecule has 0 spiro atoms. The van der Waals surface area contributed by atoms with Crippen LogP contribution in [-0.2, 0) is 4.43 Å². The summed E-state index contributed by atoms with van der Waals surface area (Å²) in [5.74, 6) is 0. The van der Waals surface area contributed by atoms with E-state index in [9.17, 15) is 0 Å². The van der Waals surface area contributed by atoms with Crippen molar-refractivity contribution in [2.75, 3.05) is 13.2 Å². The number of aliphatic hydroxyl groups is 1. The van der Waals surface area contributed by atoms with Gasteiger partial charge in [0.05, 0.1) is 0 Å². The fourth-order valence-corrected chi connectivity index (χ4v) is 4.13. The summed E-state index contributed by atoms with van der Waals surface area (Å²) in [6.07, 6.45) is 4.79. The zero-order valence-electron chi connectivity index (χ0n) is 7.09. The molecule has 0 aliphatic carbocycles. The fourth-order valence-electron chi connectivity index (χ4n) is 1.52. The monoisotopic (exact) mass is 174 g/mol. The molecule has 1 N–H and O–H groups in total. The quantitative estimate of drug-likeness (QED) is 0.514. The minimum Gasteiger partial charge on any atom is -0.420 e. The molecule has 1 atom stereocenters. The second-order valence-corrected chi connectivity index (χ2v) is 5.94. The lowest BCUT2D eigenvalue weighted by molar-refractivity contribution is 0.275. The van der Waals surface area contributed by atoms with E-state index >= 15 is 0 Å². The minimum atomic E-state index is -0.769. The highest BCUT2D eigenvalue weighted by Crippen LogP contribution is 2.15. The van der Waals surface area contributed by atoms with Gasteiger partial charge in [0.2, 0.25) is 0 Å². The van der Waals surface area contributed by atoms with E-state index in [0.29, 0.717) is 6.61 Å². The van der Waals surface area contributed by atoms with E-state index in [1.165, 1.54) is 31.4 Å². The van der Waals surface area contributed by atoms with Gasteiger partial charge in [-0.05, 0) is 24.9 Å². The van der Waals surface area contributed by atoms with Gasteiger partial charge in [-0.1, -0.05) is 12.8 Å². The Hall–Kier alpha value is 0.137. The van der Waals surface area contributed by atoms with Crippen molar-refractivity contribution in [3.63, 3.8) is 0 Å². The summed E-state index contributed by atoms with van der Waals surface area (Å²) in [6.45, 7) is 1.36.